The van der Waals surface area contributed by atoms with Crippen LogP contribution in [0.3, 0.4) is 0 Å². The minimum absolute atomic E-state index is 0.982. The first-order valence-electron chi connectivity index (χ1n) is 13.4. The van der Waals surface area contributed by atoms with Gasteiger partial charge in [-0.3, -0.25) is 0 Å². The molecule has 0 saturated heterocycles. The van der Waals surface area contributed by atoms with Crippen molar-refractivity contribution in [2.24, 2.45) is 0 Å². The molecule has 0 aliphatic carbocycles. The van der Waals surface area contributed by atoms with E-state index in [0.29, 0.717) is 0 Å². The Balaban J connectivity index is 1.82. The highest BCUT2D eigenvalue weighted by atomic mass is 14.1. The molecule has 0 radical (unpaired) electrons. The molecule has 0 fully saturated rings. The van der Waals surface area contributed by atoms with Gasteiger partial charge in [-0.2, -0.15) is 0 Å². The standard InChI is InChI=1S/C37H38/c1-7-10-11-14-26(4)29(8-2)24-36-28(6)27(5)30(9-3)25-37(36)33-20-17-32(18-21-33)35-22-19-31-15-12-13-16-34(31)23-35/h9-25H,5,7-8H2,1-4,6H3/b11-10-,26-14+,29-24+,30-9-. The second-order valence-electron chi connectivity index (χ2n) is 9.67. The summed E-state index contributed by atoms with van der Waals surface area (Å²) in [4.78, 5) is 0. The van der Waals surface area contributed by atoms with E-state index in [1.165, 1.54) is 60.5 Å². The summed E-state index contributed by atoms with van der Waals surface area (Å²) in [5.41, 5.74) is 10.1. The lowest BCUT2D eigenvalue weighted by Gasteiger charge is -2.15. The molecule has 0 aliphatic rings. The third kappa shape index (κ3) is 5.75. The number of hydrogen-bond donors (Lipinski definition) is 0. The number of benzene rings is 4. The molecule has 0 aliphatic heterocycles. The van der Waals surface area contributed by atoms with Gasteiger partial charge in [0.05, 0.1) is 0 Å². The Labute approximate surface area is 222 Å². The van der Waals surface area contributed by atoms with Crippen molar-refractivity contribution in [2.75, 3.05) is 0 Å². The van der Waals surface area contributed by atoms with Crippen molar-refractivity contribution in [3.63, 3.8) is 0 Å². The first kappa shape index (κ1) is 26.2. The second-order valence-corrected chi connectivity index (χ2v) is 9.67. The van der Waals surface area contributed by atoms with Gasteiger partial charge in [-0.25, -0.2) is 0 Å². The molecule has 0 heterocycles. The smallest absolute Gasteiger partial charge is 0.0102 e. The number of allylic oxidation sites excluding steroid dienone is 5. The van der Waals surface area contributed by atoms with Crippen molar-refractivity contribution in [2.45, 2.75) is 47.5 Å². The summed E-state index contributed by atoms with van der Waals surface area (Å²) in [6, 6.07) is 26.5. The van der Waals surface area contributed by atoms with Crippen LogP contribution in [0.5, 0.6) is 0 Å². The predicted octanol–water partition coefficient (Wildman–Crippen LogP) is 9.40. The van der Waals surface area contributed by atoms with Crippen LogP contribution in [0, 0.1) is 6.92 Å². The van der Waals surface area contributed by atoms with Gasteiger partial charge in [0, 0.05) is 0 Å². The maximum Gasteiger partial charge on any atom is -0.0102 e. The number of hydrogen-bond acceptors (Lipinski definition) is 0. The van der Waals surface area contributed by atoms with Crippen LogP contribution < -0.4 is 10.4 Å². The Morgan fingerprint density at radius 3 is 2.19 bits per heavy atom. The van der Waals surface area contributed by atoms with Crippen LogP contribution >= 0.6 is 0 Å². The molecule has 186 valence electrons. The molecule has 0 spiro atoms. The Hall–Kier alpha value is -3.90. The third-order valence-corrected chi connectivity index (χ3v) is 7.31. The largest absolute Gasteiger partial charge is 0.0909 e. The molecule has 4 rings (SSSR count). The van der Waals surface area contributed by atoms with Crippen molar-refractivity contribution in [3.8, 4) is 22.3 Å². The van der Waals surface area contributed by atoms with E-state index >= 15 is 0 Å². The van der Waals surface area contributed by atoms with E-state index in [4.69, 9.17) is 0 Å². The Morgan fingerprint density at radius 1 is 0.838 bits per heavy atom. The first-order valence-corrected chi connectivity index (χ1v) is 13.4. The Kier molecular flexibility index (Phi) is 8.41. The normalized spacial score (nSPS) is 13.2. The van der Waals surface area contributed by atoms with Gasteiger partial charge in [-0.15, -0.1) is 0 Å². The topological polar surface area (TPSA) is 0 Å². The van der Waals surface area contributed by atoms with Crippen LogP contribution in [0.15, 0.2) is 102 Å². The lowest BCUT2D eigenvalue weighted by molar-refractivity contribution is 1.11. The molecule has 0 heteroatoms. The van der Waals surface area contributed by atoms with E-state index in [0.717, 1.165) is 18.1 Å². The van der Waals surface area contributed by atoms with Gasteiger partial charge < -0.3 is 0 Å². The van der Waals surface area contributed by atoms with E-state index in [1.54, 1.807) is 0 Å². The maximum absolute atomic E-state index is 4.42. The average Bonchev–Trinajstić information content (AvgIpc) is 2.93. The highest BCUT2D eigenvalue weighted by Gasteiger charge is 2.11. The van der Waals surface area contributed by atoms with Crippen molar-refractivity contribution in [1.29, 1.82) is 0 Å². The molecule has 0 unspecified atom stereocenters. The molecule has 0 nitrogen and oxygen atoms in total. The zero-order valence-electron chi connectivity index (χ0n) is 22.9. The van der Waals surface area contributed by atoms with Gasteiger partial charge in [-0.05, 0) is 111 Å². The number of rotatable bonds is 7. The summed E-state index contributed by atoms with van der Waals surface area (Å²) in [7, 11) is 0. The highest BCUT2D eigenvalue weighted by molar-refractivity contribution is 5.88. The van der Waals surface area contributed by atoms with E-state index < -0.39 is 0 Å². The van der Waals surface area contributed by atoms with Crippen LogP contribution in [-0.4, -0.2) is 0 Å². The van der Waals surface area contributed by atoms with Crippen molar-refractivity contribution in [1.82, 2.24) is 0 Å². The van der Waals surface area contributed by atoms with Crippen molar-refractivity contribution in [3.05, 3.63) is 124 Å². The summed E-state index contributed by atoms with van der Waals surface area (Å²) < 4.78 is 0. The highest BCUT2D eigenvalue weighted by Crippen LogP contribution is 2.31. The van der Waals surface area contributed by atoms with Gasteiger partial charge >= 0.3 is 0 Å². The molecule has 0 amide bonds. The summed E-state index contributed by atoms with van der Waals surface area (Å²) in [6.45, 7) is 15.3. The van der Waals surface area contributed by atoms with Gasteiger partial charge in [0.1, 0.15) is 0 Å². The Morgan fingerprint density at radius 2 is 1.51 bits per heavy atom. The van der Waals surface area contributed by atoms with Crippen LogP contribution in [0.25, 0.3) is 51.8 Å². The van der Waals surface area contributed by atoms with E-state index in [-0.39, 0.29) is 0 Å². The Bertz CT molecular complexity index is 1610. The zero-order chi connectivity index (χ0) is 26.4. The lowest BCUT2D eigenvalue weighted by Crippen LogP contribution is -2.27. The summed E-state index contributed by atoms with van der Waals surface area (Å²) in [5, 5.41) is 4.84. The van der Waals surface area contributed by atoms with E-state index in [9.17, 15) is 0 Å². The third-order valence-electron chi connectivity index (χ3n) is 7.31. The molecule has 0 bridgehead atoms. The zero-order valence-corrected chi connectivity index (χ0v) is 22.9. The van der Waals surface area contributed by atoms with Crippen LogP contribution in [0.2, 0.25) is 0 Å². The molecular formula is C37H38. The van der Waals surface area contributed by atoms with Gasteiger partial charge in [-0.1, -0.05) is 111 Å². The second kappa shape index (κ2) is 11.9. The minimum Gasteiger partial charge on any atom is -0.0909 e. The van der Waals surface area contributed by atoms with E-state index in [2.05, 4.69) is 144 Å². The van der Waals surface area contributed by atoms with Crippen LogP contribution in [0.4, 0.5) is 0 Å². The van der Waals surface area contributed by atoms with Gasteiger partial charge in [0.2, 0.25) is 0 Å². The number of fused-ring (bicyclic) bond motifs is 1. The SMILES string of the molecule is C=c1c(C)c(/C=C(CC)/C(C)=C/C=C\CC)c(-c2ccc(-c3ccc4ccccc4c3)cc2)c/c1=C/C. The van der Waals surface area contributed by atoms with Gasteiger partial charge in [0.25, 0.3) is 0 Å². The monoisotopic (exact) mass is 482 g/mol. The lowest BCUT2D eigenvalue weighted by atomic mass is 9.89. The molecule has 4 aromatic rings. The first-order chi connectivity index (χ1) is 18.0. The molecule has 4 aromatic carbocycles. The molecular weight excluding hydrogens is 444 g/mol. The molecule has 37 heavy (non-hydrogen) atoms. The van der Waals surface area contributed by atoms with Crippen LogP contribution in [0.1, 0.15) is 51.7 Å². The fourth-order valence-corrected chi connectivity index (χ4v) is 4.92. The van der Waals surface area contributed by atoms with Crippen LogP contribution in [-0.2, 0) is 0 Å². The maximum atomic E-state index is 4.42. The van der Waals surface area contributed by atoms with Gasteiger partial charge in [0.15, 0.2) is 0 Å². The molecule has 0 N–H and O–H groups in total. The summed E-state index contributed by atoms with van der Waals surface area (Å²) in [6.07, 6.45) is 13.2. The van der Waals surface area contributed by atoms with E-state index in [1.807, 2.05) is 0 Å². The fourth-order valence-electron chi connectivity index (χ4n) is 4.92. The minimum atomic E-state index is 0.982. The predicted molar refractivity (Wildman–Crippen MR) is 166 cm³/mol. The summed E-state index contributed by atoms with van der Waals surface area (Å²) in [5.74, 6) is 0. The summed E-state index contributed by atoms with van der Waals surface area (Å²) >= 11 is 0. The molecule has 0 saturated carbocycles. The molecule has 0 atom stereocenters. The average molecular weight is 483 g/mol. The van der Waals surface area contributed by atoms with Crippen molar-refractivity contribution < 1.29 is 0 Å². The fraction of sp³-hybridized carbons (Fsp3) is 0.189. The van der Waals surface area contributed by atoms with Crippen molar-refractivity contribution >= 4 is 29.5 Å². The molecule has 0 aromatic heterocycles. The quantitative estimate of drug-likeness (QED) is 0.230.